The Labute approximate surface area is 171 Å². The number of rotatable bonds is 3. The van der Waals surface area contributed by atoms with Gasteiger partial charge in [-0.2, -0.15) is 0 Å². The summed E-state index contributed by atoms with van der Waals surface area (Å²) < 4.78 is 0. The highest BCUT2D eigenvalue weighted by atomic mass is 15.2. The lowest BCUT2D eigenvalue weighted by molar-refractivity contribution is 0.295. The maximum Gasteiger partial charge on any atom is 0.150 e. The summed E-state index contributed by atoms with van der Waals surface area (Å²) in [7, 11) is 6.15. The summed E-state index contributed by atoms with van der Waals surface area (Å²) in [5.41, 5.74) is 7.38. The van der Waals surface area contributed by atoms with Crippen LogP contribution >= 0.6 is 0 Å². The van der Waals surface area contributed by atoms with Gasteiger partial charge in [-0.25, -0.2) is 0 Å². The van der Waals surface area contributed by atoms with Gasteiger partial charge >= 0.3 is 0 Å². The Morgan fingerprint density at radius 2 is 1.90 bits per heavy atom. The molecular weight excluding hydrogens is 358 g/mol. The standard InChI is InChI=1S/C24H25N5/c1-28(2)24-9-8-23(26-27-24)17-4-6-20-19(13-17)14-29(3)15-21(20)16-5-7-22-18(12-16)10-11-25-22/h4-13,21,25H,14-15H2,1-3H3. The summed E-state index contributed by atoms with van der Waals surface area (Å²) >= 11 is 0. The number of likely N-dealkylation sites (N-methyl/N-ethyl adjacent to an activating group) is 1. The van der Waals surface area contributed by atoms with E-state index >= 15 is 0 Å². The van der Waals surface area contributed by atoms with Crippen LogP contribution in [0.1, 0.15) is 22.6 Å². The van der Waals surface area contributed by atoms with Crippen molar-refractivity contribution >= 4 is 16.7 Å². The molecule has 0 saturated heterocycles. The first kappa shape index (κ1) is 17.9. The number of hydrogen-bond acceptors (Lipinski definition) is 4. The number of hydrogen-bond donors (Lipinski definition) is 1. The number of benzene rings is 2. The lowest BCUT2D eigenvalue weighted by atomic mass is 9.83. The Balaban J connectivity index is 1.53. The molecule has 0 fully saturated rings. The summed E-state index contributed by atoms with van der Waals surface area (Å²) in [6.45, 7) is 1.98. The van der Waals surface area contributed by atoms with E-state index < -0.39 is 0 Å². The number of anilines is 1. The van der Waals surface area contributed by atoms with E-state index in [2.05, 4.69) is 69.6 Å². The Morgan fingerprint density at radius 3 is 2.69 bits per heavy atom. The first-order valence-electron chi connectivity index (χ1n) is 9.98. The van der Waals surface area contributed by atoms with Gasteiger partial charge in [0.15, 0.2) is 5.82 Å². The van der Waals surface area contributed by atoms with Crippen molar-refractivity contribution in [2.45, 2.75) is 12.5 Å². The summed E-state index contributed by atoms with van der Waals surface area (Å²) in [6, 6.07) is 19.7. The molecule has 0 saturated carbocycles. The summed E-state index contributed by atoms with van der Waals surface area (Å²) in [6.07, 6.45) is 2.00. The van der Waals surface area contributed by atoms with Gasteiger partial charge in [-0.3, -0.25) is 0 Å². The number of H-pyrrole nitrogens is 1. The molecule has 2 aromatic heterocycles. The van der Waals surface area contributed by atoms with Crippen LogP contribution in [0.3, 0.4) is 0 Å². The van der Waals surface area contributed by atoms with Crippen molar-refractivity contribution in [3.8, 4) is 11.3 Å². The van der Waals surface area contributed by atoms with Crippen molar-refractivity contribution < 1.29 is 0 Å². The van der Waals surface area contributed by atoms with E-state index in [0.29, 0.717) is 5.92 Å². The highest BCUT2D eigenvalue weighted by Crippen LogP contribution is 2.36. The summed E-state index contributed by atoms with van der Waals surface area (Å²) in [4.78, 5) is 7.65. The van der Waals surface area contributed by atoms with Crippen molar-refractivity contribution in [3.63, 3.8) is 0 Å². The monoisotopic (exact) mass is 383 g/mol. The molecule has 0 spiro atoms. The second-order valence-electron chi connectivity index (χ2n) is 8.16. The lowest BCUT2D eigenvalue weighted by Crippen LogP contribution is -2.31. The van der Waals surface area contributed by atoms with Crippen molar-refractivity contribution in [3.05, 3.63) is 77.5 Å². The van der Waals surface area contributed by atoms with Crippen LogP contribution in [-0.4, -0.2) is 47.8 Å². The van der Waals surface area contributed by atoms with Crippen LogP contribution in [0, 0.1) is 0 Å². The van der Waals surface area contributed by atoms with Gasteiger partial charge < -0.3 is 14.8 Å². The molecule has 29 heavy (non-hydrogen) atoms. The number of aromatic nitrogens is 3. The van der Waals surface area contributed by atoms with Crippen molar-refractivity contribution in [1.82, 2.24) is 20.1 Å². The molecule has 5 heteroatoms. The van der Waals surface area contributed by atoms with Crippen LogP contribution in [0.2, 0.25) is 0 Å². The average molecular weight is 383 g/mol. The van der Waals surface area contributed by atoms with E-state index in [4.69, 9.17) is 0 Å². The van der Waals surface area contributed by atoms with Crippen LogP contribution < -0.4 is 4.90 Å². The molecule has 0 aliphatic carbocycles. The molecule has 1 atom stereocenters. The second kappa shape index (κ2) is 7.01. The number of nitrogens with one attached hydrogen (secondary N) is 1. The van der Waals surface area contributed by atoms with E-state index in [-0.39, 0.29) is 0 Å². The van der Waals surface area contributed by atoms with E-state index in [1.807, 2.05) is 37.3 Å². The fourth-order valence-corrected chi connectivity index (χ4v) is 4.30. The van der Waals surface area contributed by atoms with Crippen LogP contribution in [0.15, 0.2) is 60.8 Å². The predicted octanol–water partition coefficient (Wildman–Crippen LogP) is 4.27. The third-order valence-corrected chi connectivity index (χ3v) is 5.84. The zero-order valence-electron chi connectivity index (χ0n) is 17.1. The van der Waals surface area contributed by atoms with Crippen LogP contribution in [0.25, 0.3) is 22.2 Å². The van der Waals surface area contributed by atoms with Gasteiger partial charge in [0.05, 0.1) is 5.69 Å². The fourth-order valence-electron chi connectivity index (χ4n) is 4.30. The van der Waals surface area contributed by atoms with Gasteiger partial charge in [-0.1, -0.05) is 18.2 Å². The zero-order chi connectivity index (χ0) is 20.0. The Morgan fingerprint density at radius 1 is 1.00 bits per heavy atom. The normalized spacial score (nSPS) is 16.7. The van der Waals surface area contributed by atoms with E-state index in [0.717, 1.165) is 30.2 Å². The molecule has 5 nitrogen and oxygen atoms in total. The molecule has 1 aliphatic rings. The summed E-state index contributed by atoms with van der Waals surface area (Å²) in [5, 5.41) is 10.0. The minimum atomic E-state index is 0.374. The maximum absolute atomic E-state index is 4.43. The van der Waals surface area contributed by atoms with Gasteiger partial charge in [0, 0.05) is 50.4 Å². The molecule has 0 radical (unpaired) electrons. The molecule has 0 amide bonds. The topological polar surface area (TPSA) is 48.1 Å². The van der Waals surface area contributed by atoms with Gasteiger partial charge in [-0.05, 0) is 65.5 Å². The molecule has 1 unspecified atom stereocenters. The highest BCUT2D eigenvalue weighted by Gasteiger charge is 2.25. The minimum Gasteiger partial charge on any atom is -0.361 e. The molecule has 1 N–H and O–H groups in total. The molecule has 1 aliphatic heterocycles. The van der Waals surface area contributed by atoms with Crippen LogP contribution in [0.5, 0.6) is 0 Å². The number of aromatic amines is 1. The SMILES string of the molecule is CN1Cc2cc(-c3ccc(N(C)C)nn3)ccc2C(c2ccc3[nH]ccc3c2)C1. The quantitative estimate of drug-likeness (QED) is 0.574. The maximum atomic E-state index is 4.43. The fraction of sp³-hybridized carbons (Fsp3) is 0.250. The first-order chi connectivity index (χ1) is 14.1. The van der Waals surface area contributed by atoms with Crippen LogP contribution in [0.4, 0.5) is 5.82 Å². The largest absolute Gasteiger partial charge is 0.361 e. The van der Waals surface area contributed by atoms with Gasteiger partial charge in [-0.15, -0.1) is 10.2 Å². The highest BCUT2D eigenvalue weighted by molar-refractivity contribution is 5.80. The predicted molar refractivity (Wildman–Crippen MR) is 118 cm³/mol. The third kappa shape index (κ3) is 3.28. The van der Waals surface area contributed by atoms with E-state index in [9.17, 15) is 0 Å². The Kier molecular flexibility index (Phi) is 4.32. The van der Waals surface area contributed by atoms with Crippen molar-refractivity contribution in [1.29, 1.82) is 0 Å². The first-order valence-corrected chi connectivity index (χ1v) is 9.98. The molecule has 2 aromatic carbocycles. The molecule has 146 valence electrons. The number of fused-ring (bicyclic) bond motifs is 2. The lowest BCUT2D eigenvalue weighted by Gasteiger charge is -2.33. The number of nitrogens with zero attached hydrogens (tertiary/aromatic N) is 4. The van der Waals surface area contributed by atoms with Gasteiger partial charge in [0.25, 0.3) is 0 Å². The molecule has 3 heterocycles. The van der Waals surface area contributed by atoms with E-state index in [1.54, 1.807) is 0 Å². The molecule has 5 rings (SSSR count). The minimum absolute atomic E-state index is 0.374. The van der Waals surface area contributed by atoms with Crippen molar-refractivity contribution in [2.75, 3.05) is 32.6 Å². The Bertz CT molecular complexity index is 1160. The zero-order valence-corrected chi connectivity index (χ0v) is 17.1. The Hall–Kier alpha value is -3.18. The van der Waals surface area contributed by atoms with Crippen molar-refractivity contribution in [2.24, 2.45) is 0 Å². The van der Waals surface area contributed by atoms with Crippen LogP contribution in [-0.2, 0) is 6.54 Å². The second-order valence-corrected chi connectivity index (χ2v) is 8.16. The molecular formula is C24H25N5. The molecule has 4 aromatic rings. The summed E-state index contributed by atoms with van der Waals surface area (Å²) in [5.74, 6) is 1.24. The van der Waals surface area contributed by atoms with Gasteiger partial charge in [0.1, 0.15) is 0 Å². The van der Waals surface area contributed by atoms with Gasteiger partial charge in [0.2, 0.25) is 0 Å². The average Bonchev–Trinajstić information content (AvgIpc) is 3.20. The van der Waals surface area contributed by atoms with E-state index in [1.165, 1.54) is 27.6 Å². The molecule has 0 bridgehead atoms. The third-order valence-electron chi connectivity index (χ3n) is 5.84. The smallest absolute Gasteiger partial charge is 0.150 e.